The molecular weight excluding hydrogens is 518 g/mol. The number of carbonyl (C=O) groups excluding carboxylic acids is 3. The maximum absolute atomic E-state index is 14.6. The van der Waals surface area contributed by atoms with Crippen molar-refractivity contribution in [1.82, 2.24) is 9.80 Å². The monoisotopic (exact) mass is 565 g/mol. The van der Waals surface area contributed by atoms with Crippen LogP contribution in [0.25, 0.3) is 0 Å². The maximum Gasteiger partial charge on any atom is 0.248 e. The van der Waals surface area contributed by atoms with Crippen molar-refractivity contribution in [3.8, 4) is 0 Å². The van der Waals surface area contributed by atoms with Gasteiger partial charge in [0.15, 0.2) is 0 Å². The minimum absolute atomic E-state index is 0.0766. The molecule has 224 valence electrons. The van der Waals surface area contributed by atoms with Crippen LogP contribution < -0.4 is 4.90 Å². The van der Waals surface area contributed by atoms with Gasteiger partial charge in [-0.1, -0.05) is 64.5 Å². The second-order valence-corrected chi connectivity index (χ2v) is 12.4. The first-order valence-electron chi connectivity index (χ1n) is 15.0. The van der Waals surface area contributed by atoms with Crippen LogP contribution in [-0.4, -0.2) is 82.2 Å². The van der Waals surface area contributed by atoms with E-state index in [-0.39, 0.29) is 42.7 Å². The Morgan fingerprint density at radius 3 is 2.39 bits per heavy atom. The highest BCUT2D eigenvalue weighted by Gasteiger charge is 2.80. The largest absolute Gasteiger partial charge is 0.394 e. The molecule has 1 aromatic carbocycles. The van der Waals surface area contributed by atoms with Crippen molar-refractivity contribution in [2.45, 2.75) is 77.2 Å². The summed E-state index contributed by atoms with van der Waals surface area (Å²) in [6.07, 6.45) is 5.58. The van der Waals surface area contributed by atoms with Gasteiger partial charge in [-0.2, -0.15) is 0 Å². The van der Waals surface area contributed by atoms with E-state index in [0.717, 1.165) is 12.8 Å². The number of hydrogen-bond acceptors (Lipinski definition) is 5. The number of hydrogen-bond donors (Lipinski definition) is 1. The van der Waals surface area contributed by atoms with Gasteiger partial charge in [0.2, 0.25) is 17.7 Å². The van der Waals surface area contributed by atoms with E-state index in [2.05, 4.69) is 20.1 Å². The lowest BCUT2D eigenvalue weighted by Gasteiger charge is -2.40. The Labute approximate surface area is 245 Å². The highest BCUT2D eigenvalue weighted by atomic mass is 16.5. The second kappa shape index (κ2) is 12.1. The van der Waals surface area contributed by atoms with Crippen LogP contribution in [0, 0.1) is 23.7 Å². The molecule has 3 aliphatic rings. The molecule has 3 aliphatic heterocycles. The van der Waals surface area contributed by atoms with E-state index < -0.39 is 35.1 Å². The molecule has 4 rings (SSSR count). The normalized spacial score (nSPS) is 30.8. The number of ether oxygens (including phenoxy) is 1. The fraction of sp³-hybridized carbons (Fsp3) is 0.606. The van der Waals surface area contributed by atoms with E-state index in [0.29, 0.717) is 25.2 Å². The van der Waals surface area contributed by atoms with Crippen LogP contribution in [0.3, 0.4) is 0 Å². The maximum atomic E-state index is 14.6. The molecule has 1 spiro atoms. The zero-order valence-electron chi connectivity index (χ0n) is 25.3. The lowest BCUT2D eigenvalue weighted by molar-refractivity contribution is -0.156. The molecule has 2 bridgehead atoms. The number of nitrogens with zero attached hydrogens (tertiary/aromatic N) is 3. The summed E-state index contributed by atoms with van der Waals surface area (Å²) in [6.45, 7) is 18.5. The number of unbranched alkanes of at least 4 members (excludes halogenated alkanes) is 1. The lowest BCUT2D eigenvalue weighted by atomic mass is 9.62. The number of aliphatic hydroxyl groups excluding tert-OH is 1. The van der Waals surface area contributed by atoms with Gasteiger partial charge >= 0.3 is 0 Å². The average Bonchev–Trinajstić information content (AvgIpc) is 3.46. The van der Waals surface area contributed by atoms with Gasteiger partial charge in [-0.15, -0.1) is 13.2 Å². The smallest absolute Gasteiger partial charge is 0.248 e. The number of fused-ring (bicyclic) bond motifs is 1. The molecule has 3 saturated heterocycles. The van der Waals surface area contributed by atoms with Crippen LogP contribution in [0.5, 0.6) is 0 Å². The second-order valence-electron chi connectivity index (χ2n) is 12.4. The molecular formula is C33H47N3O5. The van der Waals surface area contributed by atoms with E-state index in [1.54, 1.807) is 26.9 Å². The third-order valence-electron chi connectivity index (χ3n) is 9.65. The van der Waals surface area contributed by atoms with Gasteiger partial charge in [-0.25, -0.2) is 0 Å². The predicted molar refractivity (Wildman–Crippen MR) is 160 cm³/mol. The van der Waals surface area contributed by atoms with Crippen LogP contribution in [0.15, 0.2) is 55.6 Å². The van der Waals surface area contributed by atoms with Crippen molar-refractivity contribution in [3.05, 3.63) is 55.6 Å². The molecule has 7 atom stereocenters. The summed E-state index contributed by atoms with van der Waals surface area (Å²) in [6, 6.07) is 7.84. The third-order valence-corrected chi connectivity index (χ3v) is 9.65. The van der Waals surface area contributed by atoms with Crippen molar-refractivity contribution in [1.29, 1.82) is 0 Å². The third kappa shape index (κ3) is 4.93. The van der Waals surface area contributed by atoms with Gasteiger partial charge in [-0.3, -0.25) is 14.4 Å². The number of benzene rings is 1. The zero-order valence-corrected chi connectivity index (χ0v) is 25.3. The van der Waals surface area contributed by atoms with Gasteiger partial charge < -0.3 is 24.5 Å². The van der Waals surface area contributed by atoms with Crippen molar-refractivity contribution >= 4 is 23.4 Å². The molecule has 0 aliphatic carbocycles. The van der Waals surface area contributed by atoms with Crippen molar-refractivity contribution in [2.75, 3.05) is 31.1 Å². The van der Waals surface area contributed by atoms with Crippen LogP contribution >= 0.6 is 0 Å². The Morgan fingerprint density at radius 2 is 1.83 bits per heavy atom. The summed E-state index contributed by atoms with van der Waals surface area (Å²) in [5.74, 6) is -2.53. The molecule has 3 amide bonds. The Hall–Kier alpha value is -2.97. The minimum Gasteiger partial charge on any atom is -0.394 e. The Kier molecular flexibility index (Phi) is 9.14. The summed E-state index contributed by atoms with van der Waals surface area (Å²) in [5, 5.41) is 10.5. The van der Waals surface area contributed by atoms with E-state index in [1.165, 1.54) is 0 Å². The summed E-state index contributed by atoms with van der Waals surface area (Å²) < 4.78 is 6.93. The van der Waals surface area contributed by atoms with Crippen molar-refractivity contribution in [2.24, 2.45) is 23.7 Å². The molecule has 0 radical (unpaired) electrons. The molecule has 3 fully saturated rings. The van der Waals surface area contributed by atoms with Crippen LogP contribution in [-0.2, 0) is 19.1 Å². The quantitative estimate of drug-likeness (QED) is 0.365. The topological polar surface area (TPSA) is 90.4 Å². The molecule has 1 aromatic rings. The zero-order chi connectivity index (χ0) is 30.1. The highest BCUT2D eigenvalue weighted by molar-refractivity contribution is 6.03. The molecule has 8 nitrogen and oxygen atoms in total. The van der Waals surface area contributed by atoms with E-state index >= 15 is 0 Å². The van der Waals surface area contributed by atoms with Gasteiger partial charge in [0.1, 0.15) is 11.6 Å². The van der Waals surface area contributed by atoms with Crippen LogP contribution in [0.2, 0.25) is 0 Å². The van der Waals surface area contributed by atoms with E-state index in [1.807, 2.05) is 58.0 Å². The fourth-order valence-electron chi connectivity index (χ4n) is 7.51. The molecule has 41 heavy (non-hydrogen) atoms. The summed E-state index contributed by atoms with van der Waals surface area (Å²) in [5.41, 5.74) is -1.39. The lowest BCUT2D eigenvalue weighted by Crippen LogP contribution is -2.60. The Morgan fingerprint density at radius 1 is 1.17 bits per heavy atom. The Bertz CT molecular complexity index is 1150. The SMILES string of the molecule is C=CCN(CCCC)C(=O)C1N([C@@H](CO)C(C)C)C(=O)[C@@H]2[C@H](C(=O)N(CC=C)c3ccccc3)[C@@]3(C)OC12CC3C. The molecule has 1 N–H and O–H groups in total. The van der Waals surface area contributed by atoms with Crippen molar-refractivity contribution < 1.29 is 24.2 Å². The van der Waals surface area contributed by atoms with Crippen LogP contribution in [0.1, 0.15) is 53.9 Å². The van der Waals surface area contributed by atoms with Gasteiger partial charge in [0, 0.05) is 25.3 Å². The number of aliphatic hydroxyl groups is 1. The number of para-hydroxylation sites is 1. The standard InChI is InChI=1S/C33H47N3O5/c1-8-11-19-34(17-9-2)31(40)28-33-20-23(6)32(7,41-33)26(27(33)30(39)36(28)25(21-37)22(4)5)29(38)35(18-10-3)24-15-13-12-14-16-24/h9-10,12-16,22-23,25-28,37H,2-3,8,11,17-21H2,1,4-7H3/t23?,25-,26+,27-,28?,32-,33?/m0/s1. The molecule has 0 aromatic heterocycles. The summed E-state index contributed by atoms with van der Waals surface area (Å²) in [4.78, 5) is 48.7. The van der Waals surface area contributed by atoms with Crippen molar-refractivity contribution in [3.63, 3.8) is 0 Å². The predicted octanol–water partition coefficient (Wildman–Crippen LogP) is 4.05. The number of carbonyl (C=O) groups is 3. The molecule has 0 saturated carbocycles. The number of likely N-dealkylation sites (tertiary alicyclic amines) is 1. The molecule has 8 heteroatoms. The first-order chi connectivity index (χ1) is 19.5. The summed E-state index contributed by atoms with van der Waals surface area (Å²) in [7, 11) is 0. The molecule has 3 heterocycles. The average molecular weight is 566 g/mol. The fourth-order valence-corrected chi connectivity index (χ4v) is 7.51. The van der Waals surface area contributed by atoms with E-state index in [4.69, 9.17) is 4.74 Å². The van der Waals surface area contributed by atoms with E-state index in [9.17, 15) is 19.5 Å². The molecule has 3 unspecified atom stereocenters. The van der Waals surface area contributed by atoms with Gasteiger partial charge in [-0.05, 0) is 43.7 Å². The van der Waals surface area contributed by atoms with Gasteiger partial charge in [0.25, 0.3) is 0 Å². The Balaban J connectivity index is 1.87. The first-order valence-corrected chi connectivity index (χ1v) is 15.0. The number of rotatable bonds is 13. The van der Waals surface area contributed by atoms with Gasteiger partial charge in [0.05, 0.1) is 30.1 Å². The summed E-state index contributed by atoms with van der Waals surface area (Å²) >= 11 is 0. The number of amides is 3. The number of anilines is 1. The van der Waals surface area contributed by atoms with Crippen LogP contribution in [0.4, 0.5) is 5.69 Å². The highest BCUT2D eigenvalue weighted by Crippen LogP contribution is 2.66. The minimum atomic E-state index is -1.17. The first kappa shape index (κ1) is 31.0.